The molecule has 0 spiro atoms. The van der Waals surface area contributed by atoms with Crippen LogP contribution >= 0.6 is 11.6 Å². The van der Waals surface area contributed by atoms with Gasteiger partial charge in [-0.2, -0.15) is 0 Å². The van der Waals surface area contributed by atoms with Crippen molar-refractivity contribution in [1.29, 1.82) is 0 Å². The molecular weight excluding hydrogens is 256 g/mol. The molecule has 1 aliphatic carbocycles. The molecule has 1 aliphatic rings. The lowest BCUT2D eigenvalue weighted by Crippen LogP contribution is -2.21. The fraction of sp³-hybridized carbons (Fsp3) is 0.294. The van der Waals surface area contributed by atoms with Crippen LogP contribution in [0.1, 0.15) is 33.5 Å². The second kappa shape index (κ2) is 4.90. The molecule has 0 amide bonds. The SMILES string of the molecule is COc1ccc(C(Cl)C2Cc3ccccc32)cc1C. The van der Waals surface area contributed by atoms with Gasteiger partial charge in [0.05, 0.1) is 12.5 Å². The topological polar surface area (TPSA) is 9.23 Å². The van der Waals surface area contributed by atoms with Crippen LogP contribution in [0.5, 0.6) is 5.75 Å². The summed E-state index contributed by atoms with van der Waals surface area (Å²) in [6, 6.07) is 14.8. The van der Waals surface area contributed by atoms with Crippen LogP contribution < -0.4 is 4.74 Å². The van der Waals surface area contributed by atoms with Crippen LogP contribution in [0.4, 0.5) is 0 Å². The minimum Gasteiger partial charge on any atom is -0.496 e. The van der Waals surface area contributed by atoms with Gasteiger partial charge < -0.3 is 4.74 Å². The second-order valence-corrected chi connectivity index (χ2v) is 5.61. The number of ether oxygens (including phenoxy) is 1. The monoisotopic (exact) mass is 272 g/mol. The molecule has 2 heteroatoms. The van der Waals surface area contributed by atoms with Crippen molar-refractivity contribution in [1.82, 2.24) is 0 Å². The van der Waals surface area contributed by atoms with Crippen LogP contribution in [0.2, 0.25) is 0 Å². The summed E-state index contributed by atoms with van der Waals surface area (Å²) in [5.41, 5.74) is 5.15. The van der Waals surface area contributed by atoms with Gasteiger partial charge in [0.2, 0.25) is 0 Å². The third kappa shape index (κ3) is 2.12. The van der Waals surface area contributed by atoms with E-state index in [9.17, 15) is 0 Å². The van der Waals surface area contributed by atoms with Gasteiger partial charge in [0.25, 0.3) is 0 Å². The quantitative estimate of drug-likeness (QED) is 0.741. The Morgan fingerprint density at radius 2 is 2.00 bits per heavy atom. The van der Waals surface area contributed by atoms with Crippen LogP contribution in [0.15, 0.2) is 42.5 Å². The molecule has 0 aromatic heterocycles. The number of hydrogen-bond donors (Lipinski definition) is 0. The summed E-state index contributed by atoms with van der Waals surface area (Å²) in [4.78, 5) is 0. The van der Waals surface area contributed by atoms with E-state index in [-0.39, 0.29) is 5.38 Å². The van der Waals surface area contributed by atoms with Crippen molar-refractivity contribution in [2.24, 2.45) is 0 Å². The lowest BCUT2D eigenvalue weighted by atomic mass is 9.74. The molecule has 19 heavy (non-hydrogen) atoms. The third-order valence-electron chi connectivity index (χ3n) is 3.98. The molecule has 0 heterocycles. The predicted octanol–water partition coefficient (Wildman–Crippen LogP) is 4.62. The molecular formula is C17H17ClO. The smallest absolute Gasteiger partial charge is 0.121 e. The van der Waals surface area contributed by atoms with Gasteiger partial charge in [-0.25, -0.2) is 0 Å². The van der Waals surface area contributed by atoms with E-state index in [1.165, 1.54) is 16.7 Å². The lowest BCUT2D eigenvalue weighted by Gasteiger charge is -2.34. The molecule has 0 saturated carbocycles. The van der Waals surface area contributed by atoms with Crippen LogP contribution in [-0.2, 0) is 6.42 Å². The third-order valence-corrected chi connectivity index (χ3v) is 4.54. The second-order valence-electron chi connectivity index (χ2n) is 5.14. The number of fused-ring (bicyclic) bond motifs is 1. The summed E-state index contributed by atoms with van der Waals surface area (Å²) in [5, 5.41) is 0.0412. The van der Waals surface area contributed by atoms with Crippen LogP contribution in [-0.4, -0.2) is 7.11 Å². The van der Waals surface area contributed by atoms with Gasteiger partial charge in [-0.15, -0.1) is 11.6 Å². The fourth-order valence-electron chi connectivity index (χ4n) is 2.86. The van der Waals surface area contributed by atoms with Crippen molar-refractivity contribution >= 4 is 11.6 Å². The van der Waals surface area contributed by atoms with Crippen LogP contribution in [0.3, 0.4) is 0 Å². The molecule has 98 valence electrons. The van der Waals surface area contributed by atoms with Gasteiger partial charge in [0.1, 0.15) is 5.75 Å². The maximum atomic E-state index is 6.66. The van der Waals surface area contributed by atoms with E-state index in [1.54, 1.807) is 7.11 Å². The molecule has 1 nitrogen and oxygen atoms in total. The highest BCUT2D eigenvalue weighted by Gasteiger charge is 2.32. The zero-order valence-corrected chi connectivity index (χ0v) is 11.9. The van der Waals surface area contributed by atoms with Crippen molar-refractivity contribution in [3.05, 3.63) is 64.7 Å². The first-order chi connectivity index (χ1) is 9.20. The zero-order valence-electron chi connectivity index (χ0n) is 11.2. The highest BCUT2D eigenvalue weighted by Crippen LogP contribution is 2.47. The predicted molar refractivity (Wildman–Crippen MR) is 79.2 cm³/mol. The van der Waals surface area contributed by atoms with E-state index in [0.717, 1.165) is 17.7 Å². The lowest BCUT2D eigenvalue weighted by molar-refractivity contribution is 0.411. The molecule has 0 N–H and O–H groups in total. The highest BCUT2D eigenvalue weighted by molar-refractivity contribution is 6.21. The molecule has 2 unspecified atom stereocenters. The Kier molecular flexibility index (Phi) is 3.24. The van der Waals surface area contributed by atoms with Crippen molar-refractivity contribution < 1.29 is 4.74 Å². The molecule has 0 bridgehead atoms. The van der Waals surface area contributed by atoms with Crippen molar-refractivity contribution in [3.8, 4) is 5.75 Å². The van der Waals surface area contributed by atoms with Gasteiger partial charge in [0, 0.05) is 5.92 Å². The number of benzene rings is 2. The Bertz CT molecular complexity index is 606. The summed E-state index contributed by atoms with van der Waals surface area (Å²) >= 11 is 6.66. The standard InChI is InChI=1S/C17H17ClO/c1-11-9-13(7-8-16(11)19-2)17(18)15-10-12-5-3-4-6-14(12)15/h3-9,15,17H,10H2,1-2H3. The van der Waals surface area contributed by atoms with E-state index in [4.69, 9.17) is 16.3 Å². The fourth-order valence-corrected chi connectivity index (χ4v) is 3.22. The summed E-state index contributed by atoms with van der Waals surface area (Å²) < 4.78 is 5.29. The molecule has 0 saturated heterocycles. The number of alkyl halides is 1. The van der Waals surface area contributed by atoms with E-state index in [0.29, 0.717) is 5.92 Å². The number of rotatable bonds is 3. The Hall–Kier alpha value is -1.47. The van der Waals surface area contributed by atoms with Gasteiger partial charge in [0.15, 0.2) is 0 Å². The zero-order chi connectivity index (χ0) is 13.4. The summed E-state index contributed by atoms with van der Waals surface area (Å²) in [7, 11) is 1.70. The number of aryl methyl sites for hydroxylation is 1. The first-order valence-electron chi connectivity index (χ1n) is 6.57. The highest BCUT2D eigenvalue weighted by atomic mass is 35.5. The molecule has 0 fully saturated rings. The first-order valence-corrected chi connectivity index (χ1v) is 7.00. The Labute approximate surface area is 119 Å². The first kappa shape index (κ1) is 12.6. The summed E-state index contributed by atoms with van der Waals surface area (Å²) in [5.74, 6) is 1.35. The Balaban J connectivity index is 1.86. The van der Waals surface area contributed by atoms with Gasteiger partial charge in [-0.05, 0) is 41.7 Å². The van der Waals surface area contributed by atoms with E-state index in [2.05, 4.69) is 43.3 Å². The molecule has 2 aromatic carbocycles. The Morgan fingerprint density at radius 3 is 2.68 bits per heavy atom. The normalized spacial score (nSPS) is 18.4. The molecule has 2 atom stereocenters. The Morgan fingerprint density at radius 1 is 1.21 bits per heavy atom. The minimum atomic E-state index is 0.0412. The maximum Gasteiger partial charge on any atom is 0.121 e. The number of methoxy groups -OCH3 is 1. The van der Waals surface area contributed by atoms with Gasteiger partial charge in [-0.1, -0.05) is 36.4 Å². The molecule has 0 aliphatic heterocycles. The van der Waals surface area contributed by atoms with Crippen molar-refractivity contribution in [3.63, 3.8) is 0 Å². The number of hydrogen-bond acceptors (Lipinski definition) is 1. The van der Waals surface area contributed by atoms with E-state index >= 15 is 0 Å². The summed E-state index contributed by atoms with van der Waals surface area (Å²) in [6.45, 7) is 2.06. The molecule has 0 radical (unpaired) electrons. The van der Waals surface area contributed by atoms with Crippen LogP contribution in [0, 0.1) is 6.92 Å². The molecule has 2 aromatic rings. The van der Waals surface area contributed by atoms with Crippen molar-refractivity contribution in [2.45, 2.75) is 24.6 Å². The van der Waals surface area contributed by atoms with Gasteiger partial charge in [-0.3, -0.25) is 0 Å². The van der Waals surface area contributed by atoms with Gasteiger partial charge >= 0.3 is 0 Å². The summed E-state index contributed by atoms with van der Waals surface area (Å²) in [6.07, 6.45) is 1.08. The average Bonchev–Trinajstić information content (AvgIpc) is 2.40. The van der Waals surface area contributed by atoms with Crippen LogP contribution in [0.25, 0.3) is 0 Å². The molecule has 3 rings (SSSR count). The largest absolute Gasteiger partial charge is 0.496 e. The van der Waals surface area contributed by atoms with E-state index in [1.807, 2.05) is 6.07 Å². The minimum absolute atomic E-state index is 0.0412. The van der Waals surface area contributed by atoms with Crippen molar-refractivity contribution in [2.75, 3.05) is 7.11 Å². The van der Waals surface area contributed by atoms with E-state index < -0.39 is 0 Å². The average molecular weight is 273 g/mol. The maximum absolute atomic E-state index is 6.66. The number of halogens is 1.